The summed E-state index contributed by atoms with van der Waals surface area (Å²) in [6.07, 6.45) is -0.981. The van der Waals surface area contributed by atoms with E-state index >= 15 is 0 Å². The Morgan fingerprint density at radius 3 is 1.18 bits per heavy atom. The lowest BCUT2D eigenvalue weighted by Crippen LogP contribution is -2.13. The predicted molar refractivity (Wildman–Crippen MR) is 163 cm³/mol. The van der Waals surface area contributed by atoms with Gasteiger partial charge in [-0.3, -0.25) is 14.4 Å². The van der Waals surface area contributed by atoms with Gasteiger partial charge in [0.25, 0.3) is 0 Å². The summed E-state index contributed by atoms with van der Waals surface area (Å²) in [7, 11) is 2.49. The minimum Gasteiger partial charge on any atom is -0.507 e. The number of aromatic hydroxyl groups is 7. The van der Waals surface area contributed by atoms with Crippen LogP contribution >= 0.6 is 0 Å². The first-order chi connectivity index (χ1) is 21.0. The molecule has 3 aromatic rings. The third-order valence-electron chi connectivity index (χ3n) is 8.21. The second-order valence-corrected chi connectivity index (χ2v) is 10.9. The minimum atomic E-state index is -0.848. The van der Waals surface area contributed by atoms with Crippen LogP contribution in [0.3, 0.4) is 0 Å². The third kappa shape index (κ3) is 5.63. The first kappa shape index (κ1) is 34.4. The summed E-state index contributed by atoms with van der Waals surface area (Å²) in [6.45, 7) is 8.44. The zero-order valence-corrected chi connectivity index (χ0v) is 26.4. The van der Waals surface area contributed by atoms with Gasteiger partial charge in [-0.1, -0.05) is 13.8 Å². The van der Waals surface area contributed by atoms with Crippen molar-refractivity contribution in [2.75, 3.05) is 14.2 Å². The Morgan fingerprint density at radius 2 is 0.889 bits per heavy atom. The van der Waals surface area contributed by atoms with Crippen molar-refractivity contribution >= 4 is 17.3 Å². The van der Waals surface area contributed by atoms with Crippen LogP contribution in [0.5, 0.6) is 51.7 Å². The molecule has 0 aliphatic heterocycles. The van der Waals surface area contributed by atoms with Crippen LogP contribution in [0.4, 0.5) is 0 Å². The van der Waals surface area contributed by atoms with E-state index in [1.54, 1.807) is 13.8 Å². The number of hydrogen-bond acceptors (Lipinski definition) is 12. The SMILES string of the molecule is CCC(C)C(=O)c1c(O)c(Cc2c(O)c(C)c(OC)c(C(C)=O)c2O)c(O)c(Cc2c(O)c(C)c(OC)c(C(C)=O)c2O)c1O. The molecule has 0 aromatic heterocycles. The first-order valence-corrected chi connectivity index (χ1v) is 14.0. The number of ketones is 3. The molecule has 0 amide bonds. The molecule has 0 bridgehead atoms. The van der Waals surface area contributed by atoms with Crippen molar-refractivity contribution in [2.24, 2.45) is 5.92 Å². The van der Waals surface area contributed by atoms with Crippen LogP contribution in [0, 0.1) is 19.8 Å². The molecular weight excluding hydrogens is 588 g/mol. The Balaban J connectivity index is 2.45. The molecule has 242 valence electrons. The molecule has 7 N–H and O–H groups in total. The van der Waals surface area contributed by atoms with Crippen LogP contribution in [0.2, 0.25) is 0 Å². The van der Waals surface area contributed by atoms with Crippen LogP contribution in [-0.4, -0.2) is 67.3 Å². The molecule has 1 unspecified atom stereocenters. The monoisotopic (exact) mass is 626 g/mol. The van der Waals surface area contributed by atoms with Crippen molar-refractivity contribution in [3.05, 3.63) is 50.1 Å². The molecule has 0 saturated carbocycles. The van der Waals surface area contributed by atoms with Crippen molar-refractivity contribution in [2.45, 2.75) is 60.8 Å². The van der Waals surface area contributed by atoms with Gasteiger partial charge in [0.2, 0.25) is 0 Å². The van der Waals surface area contributed by atoms with Crippen LogP contribution in [0.15, 0.2) is 0 Å². The van der Waals surface area contributed by atoms with E-state index in [2.05, 4.69) is 0 Å². The van der Waals surface area contributed by atoms with Gasteiger partial charge < -0.3 is 45.2 Å². The molecule has 12 heteroatoms. The van der Waals surface area contributed by atoms with E-state index in [-0.39, 0.29) is 44.9 Å². The summed E-state index contributed by atoms with van der Waals surface area (Å²) in [5, 5.41) is 78.3. The molecule has 12 nitrogen and oxygen atoms in total. The molecule has 0 spiro atoms. The lowest BCUT2D eigenvalue weighted by Gasteiger charge is -2.22. The van der Waals surface area contributed by atoms with E-state index < -0.39 is 93.0 Å². The van der Waals surface area contributed by atoms with Gasteiger partial charge in [0, 0.05) is 52.1 Å². The number of benzene rings is 3. The van der Waals surface area contributed by atoms with E-state index in [1.807, 2.05) is 0 Å². The Bertz CT molecular complexity index is 1620. The largest absolute Gasteiger partial charge is 0.507 e. The molecule has 0 heterocycles. The fraction of sp³-hybridized carbons (Fsp3) is 0.364. The number of ether oxygens (including phenoxy) is 2. The Hall–Kier alpha value is -5.13. The van der Waals surface area contributed by atoms with Gasteiger partial charge in [-0.05, 0) is 34.1 Å². The maximum Gasteiger partial charge on any atom is 0.173 e. The Morgan fingerprint density at radius 1 is 0.578 bits per heavy atom. The molecule has 3 aromatic carbocycles. The second-order valence-electron chi connectivity index (χ2n) is 10.9. The number of hydrogen-bond donors (Lipinski definition) is 7. The quantitative estimate of drug-likeness (QED) is 0.139. The first-order valence-electron chi connectivity index (χ1n) is 14.0. The van der Waals surface area contributed by atoms with Crippen molar-refractivity contribution in [1.29, 1.82) is 0 Å². The van der Waals surface area contributed by atoms with Gasteiger partial charge >= 0.3 is 0 Å². The van der Waals surface area contributed by atoms with Gasteiger partial charge in [0.1, 0.15) is 68.4 Å². The van der Waals surface area contributed by atoms with Gasteiger partial charge in [-0.15, -0.1) is 0 Å². The number of phenols is 7. The smallest absolute Gasteiger partial charge is 0.173 e. The zero-order chi connectivity index (χ0) is 34.2. The summed E-state index contributed by atoms with van der Waals surface area (Å²) < 4.78 is 10.4. The molecule has 45 heavy (non-hydrogen) atoms. The van der Waals surface area contributed by atoms with E-state index in [9.17, 15) is 50.1 Å². The highest BCUT2D eigenvalue weighted by molar-refractivity contribution is 6.04. The fourth-order valence-electron chi connectivity index (χ4n) is 5.46. The average molecular weight is 627 g/mol. The van der Waals surface area contributed by atoms with Crippen molar-refractivity contribution in [3.8, 4) is 51.7 Å². The number of methoxy groups -OCH3 is 2. The molecular formula is C33H38O12. The Kier molecular flexibility index (Phi) is 9.81. The Labute approximate surface area is 259 Å². The van der Waals surface area contributed by atoms with Crippen LogP contribution in [0.1, 0.15) is 98.6 Å². The molecule has 0 aliphatic rings. The van der Waals surface area contributed by atoms with Crippen LogP contribution in [0.25, 0.3) is 0 Å². The predicted octanol–water partition coefficient (Wildman–Crippen LogP) is 5.08. The highest BCUT2D eigenvalue weighted by Gasteiger charge is 2.34. The van der Waals surface area contributed by atoms with Crippen LogP contribution in [-0.2, 0) is 12.8 Å². The third-order valence-corrected chi connectivity index (χ3v) is 8.21. The summed E-state index contributed by atoms with van der Waals surface area (Å²) in [5.41, 5.74) is -2.41. The van der Waals surface area contributed by atoms with Gasteiger partial charge in [0.15, 0.2) is 17.3 Å². The van der Waals surface area contributed by atoms with E-state index in [0.717, 1.165) is 0 Å². The van der Waals surface area contributed by atoms with Crippen molar-refractivity contribution < 1.29 is 59.6 Å². The number of Topliss-reactive ketones (excluding diaryl/α,β-unsaturated/α-hetero) is 3. The van der Waals surface area contributed by atoms with Crippen molar-refractivity contribution in [3.63, 3.8) is 0 Å². The van der Waals surface area contributed by atoms with Gasteiger partial charge in [-0.25, -0.2) is 0 Å². The topological polar surface area (TPSA) is 211 Å². The zero-order valence-electron chi connectivity index (χ0n) is 26.4. The number of carbonyl (C=O) groups is 3. The number of carbonyl (C=O) groups excluding carboxylic acids is 3. The summed E-state index contributed by atoms with van der Waals surface area (Å²) in [6, 6.07) is 0. The highest BCUT2D eigenvalue weighted by atomic mass is 16.5. The molecule has 3 rings (SSSR count). The number of rotatable bonds is 11. The lowest BCUT2D eigenvalue weighted by atomic mass is 9.86. The summed E-state index contributed by atoms with van der Waals surface area (Å²) >= 11 is 0. The maximum atomic E-state index is 13.4. The molecule has 0 fully saturated rings. The fourth-order valence-corrected chi connectivity index (χ4v) is 5.46. The molecule has 0 aliphatic carbocycles. The normalized spacial score (nSPS) is 11.7. The standard InChI is InChI=1S/C33H38O12/c1-9-12(2)24(36)23-30(42)19(10-17-25(37)13(3)32(44-7)21(15(5)34)28(17)40)27(39)20(31(23)43)11-18-26(38)14(4)33(45-8)22(16(6)35)29(18)41/h12,37-43H,9-11H2,1-8H3. The highest BCUT2D eigenvalue weighted by Crippen LogP contribution is 2.51. The second kappa shape index (κ2) is 12.8. The van der Waals surface area contributed by atoms with E-state index in [1.165, 1.54) is 41.9 Å². The van der Waals surface area contributed by atoms with E-state index in [4.69, 9.17) is 9.47 Å². The van der Waals surface area contributed by atoms with Crippen LogP contribution < -0.4 is 9.47 Å². The average Bonchev–Trinajstić information content (AvgIpc) is 2.98. The minimum absolute atomic E-state index is 0.0738. The van der Waals surface area contributed by atoms with Gasteiger partial charge in [-0.2, -0.15) is 0 Å². The number of phenolic OH excluding ortho intramolecular Hbond substituents is 7. The maximum absolute atomic E-state index is 13.4. The van der Waals surface area contributed by atoms with Gasteiger partial charge in [0.05, 0.1) is 14.2 Å². The van der Waals surface area contributed by atoms with Crippen molar-refractivity contribution in [1.82, 2.24) is 0 Å². The molecule has 1 atom stereocenters. The molecule has 0 radical (unpaired) electrons. The summed E-state index contributed by atoms with van der Waals surface area (Å²) in [5.74, 6) is -7.75. The summed E-state index contributed by atoms with van der Waals surface area (Å²) in [4.78, 5) is 38.3. The van der Waals surface area contributed by atoms with E-state index in [0.29, 0.717) is 6.42 Å². The lowest BCUT2D eigenvalue weighted by molar-refractivity contribution is 0.0919. The molecule has 0 saturated heterocycles.